The summed E-state index contributed by atoms with van der Waals surface area (Å²) in [6, 6.07) is 0. The lowest BCUT2D eigenvalue weighted by molar-refractivity contribution is -0.118. The first-order valence-corrected chi connectivity index (χ1v) is 7.65. The minimum atomic E-state index is -1.83. The van der Waals surface area contributed by atoms with Crippen LogP contribution in [0.4, 0.5) is 0 Å². The molecular weight excluding hydrogens is 225 g/mol. The van der Waals surface area contributed by atoms with Gasteiger partial charge in [-0.3, -0.25) is 4.79 Å². The molecule has 0 aromatic carbocycles. The number of alkyl halides is 3. The lowest BCUT2D eigenvalue weighted by atomic mass is 10.7. The molecule has 0 atom stereocenters. The van der Waals surface area contributed by atoms with Crippen LogP contribution in [-0.2, 0) is 4.79 Å². The Morgan fingerprint density at radius 3 is 1.73 bits per heavy atom. The predicted molar refractivity (Wildman–Crippen MR) is 51.8 cm³/mol. The second-order valence-electron chi connectivity index (χ2n) is 3.20. The molecule has 11 heavy (non-hydrogen) atoms. The van der Waals surface area contributed by atoms with Crippen molar-refractivity contribution in [1.29, 1.82) is 0 Å². The molecule has 0 saturated carbocycles. The van der Waals surface area contributed by atoms with Gasteiger partial charge in [-0.2, -0.15) is 0 Å². The van der Waals surface area contributed by atoms with E-state index in [-0.39, 0.29) is 0 Å². The molecule has 0 radical (unpaired) electrons. The van der Waals surface area contributed by atoms with E-state index in [0.29, 0.717) is 0 Å². The highest BCUT2D eigenvalue weighted by Gasteiger charge is 2.33. The van der Waals surface area contributed by atoms with Gasteiger partial charge in [0.05, 0.1) is 0 Å². The summed E-state index contributed by atoms with van der Waals surface area (Å²) in [5.41, 5.74) is 0. The molecule has 0 bridgehead atoms. The van der Waals surface area contributed by atoms with Crippen LogP contribution in [0.15, 0.2) is 0 Å². The highest BCUT2D eigenvalue weighted by atomic mass is 35.6. The van der Waals surface area contributed by atoms with Gasteiger partial charge in [-0.15, -0.1) is 0 Å². The van der Waals surface area contributed by atoms with Crippen LogP contribution in [-0.4, -0.2) is 17.9 Å². The zero-order valence-electron chi connectivity index (χ0n) is 6.54. The van der Waals surface area contributed by atoms with Crippen LogP contribution in [0.5, 0.6) is 0 Å². The summed E-state index contributed by atoms with van der Waals surface area (Å²) in [6.45, 7) is 5.84. The number of carbonyl (C=O) groups excluding carboxylic acids is 1. The Bertz CT molecular complexity index is 160. The van der Waals surface area contributed by atoms with Crippen LogP contribution in [0.25, 0.3) is 0 Å². The molecule has 0 unspecified atom stereocenters. The summed E-state index contributed by atoms with van der Waals surface area (Å²) < 4.78 is -1.83. The molecule has 1 N–H and O–H groups in total. The summed E-state index contributed by atoms with van der Waals surface area (Å²) in [5.74, 6) is -0.540. The highest BCUT2D eigenvalue weighted by molar-refractivity contribution is 6.81. The molecule has 2 nitrogen and oxygen atoms in total. The van der Waals surface area contributed by atoms with E-state index in [0.717, 1.165) is 0 Å². The van der Waals surface area contributed by atoms with Crippen molar-refractivity contribution in [2.75, 3.05) is 0 Å². The van der Waals surface area contributed by atoms with Crippen molar-refractivity contribution in [3.8, 4) is 0 Å². The van der Waals surface area contributed by atoms with Crippen molar-refractivity contribution < 1.29 is 4.79 Å². The molecule has 0 aliphatic rings. The van der Waals surface area contributed by atoms with Gasteiger partial charge in [0.25, 0.3) is 9.70 Å². The van der Waals surface area contributed by atoms with Crippen LogP contribution in [0.1, 0.15) is 0 Å². The van der Waals surface area contributed by atoms with Gasteiger partial charge in [-0.1, -0.05) is 54.4 Å². The maximum Gasteiger partial charge on any atom is 0.268 e. The first kappa shape index (κ1) is 11.6. The maximum absolute atomic E-state index is 11.0. The minimum Gasteiger partial charge on any atom is -0.379 e. The van der Waals surface area contributed by atoms with Crippen molar-refractivity contribution in [3.05, 3.63) is 0 Å². The highest BCUT2D eigenvalue weighted by Crippen LogP contribution is 2.26. The summed E-state index contributed by atoms with van der Waals surface area (Å²) >= 11 is 16.0. The Morgan fingerprint density at radius 2 is 1.64 bits per heavy atom. The molecule has 0 saturated heterocycles. The van der Waals surface area contributed by atoms with Gasteiger partial charge in [0, 0.05) is 0 Å². The topological polar surface area (TPSA) is 29.1 Å². The van der Waals surface area contributed by atoms with Gasteiger partial charge in [-0.25, -0.2) is 0 Å². The largest absolute Gasteiger partial charge is 0.379 e. The number of nitrogens with one attached hydrogen (secondary N) is 1. The quantitative estimate of drug-likeness (QED) is 0.547. The Morgan fingerprint density at radius 1 is 1.27 bits per heavy atom. The zero-order valence-corrected chi connectivity index (χ0v) is 9.81. The average molecular weight is 235 g/mol. The van der Waals surface area contributed by atoms with E-state index in [1.54, 1.807) is 0 Å². The third-order valence-electron chi connectivity index (χ3n) is 0.746. The predicted octanol–water partition coefficient (Wildman–Crippen LogP) is 2.31. The fourth-order valence-electron chi connectivity index (χ4n) is 0.411. The molecular formula is C5H10Cl3NOSi. The SMILES string of the molecule is C[Si](C)(C)NC(=O)C(Cl)(Cl)Cl. The molecule has 0 aromatic rings. The smallest absolute Gasteiger partial charge is 0.268 e. The number of hydrogen-bond donors (Lipinski definition) is 1. The van der Waals surface area contributed by atoms with Crippen LogP contribution >= 0.6 is 34.8 Å². The van der Waals surface area contributed by atoms with E-state index < -0.39 is 17.9 Å². The summed E-state index contributed by atoms with van der Waals surface area (Å²) in [5, 5.41) is 0. The first-order valence-electron chi connectivity index (χ1n) is 3.02. The second kappa shape index (κ2) is 3.52. The first-order chi connectivity index (χ1) is 4.63. The number of amides is 1. The molecule has 0 aliphatic heterocycles. The maximum atomic E-state index is 11.0. The molecule has 66 valence electrons. The van der Waals surface area contributed by atoms with Crippen LogP contribution in [0.3, 0.4) is 0 Å². The standard InChI is InChI=1S/C5H10Cl3NOSi/c1-11(2,3)9-4(10)5(6,7)8/h1-3H3,(H,9,10). The summed E-state index contributed by atoms with van der Waals surface area (Å²) in [7, 11) is -1.68. The molecule has 0 fully saturated rings. The van der Waals surface area contributed by atoms with Gasteiger partial charge in [0.15, 0.2) is 0 Å². The number of hydrogen-bond acceptors (Lipinski definition) is 1. The Hall–Kier alpha value is 0.557. The number of rotatable bonds is 1. The third-order valence-corrected chi connectivity index (χ3v) is 2.24. The van der Waals surface area contributed by atoms with E-state index in [1.165, 1.54) is 0 Å². The van der Waals surface area contributed by atoms with Gasteiger partial charge < -0.3 is 4.98 Å². The van der Waals surface area contributed by atoms with Crippen LogP contribution < -0.4 is 4.98 Å². The molecule has 0 aliphatic carbocycles. The van der Waals surface area contributed by atoms with E-state index in [1.807, 2.05) is 19.6 Å². The monoisotopic (exact) mass is 233 g/mol. The Kier molecular flexibility index (Phi) is 3.70. The zero-order chi connectivity index (χ0) is 9.28. The van der Waals surface area contributed by atoms with Gasteiger partial charge in [0.1, 0.15) is 8.24 Å². The van der Waals surface area contributed by atoms with E-state index in [9.17, 15) is 4.79 Å². The van der Waals surface area contributed by atoms with E-state index in [2.05, 4.69) is 4.98 Å². The lowest BCUT2D eigenvalue weighted by Gasteiger charge is -2.20. The fourth-order valence-corrected chi connectivity index (χ4v) is 1.66. The van der Waals surface area contributed by atoms with Crippen molar-refractivity contribution in [3.63, 3.8) is 0 Å². The van der Waals surface area contributed by atoms with Gasteiger partial charge in [-0.05, 0) is 0 Å². The Balaban J connectivity index is 4.11. The van der Waals surface area contributed by atoms with Gasteiger partial charge in [0.2, 0.25) is 0 Å². The van der Waals surface area contributed by atoms with Crippen molar-refractivity contribution in [2.45, 2.75) is 23.4 Å². The van der Waals surface area contributed by atoms with E-state index in [4.69, 9.17) is 34.8 Å². The van der Waals surface area contributed by atoms with Gasteiger partial charge >= 0.3 is 0 Å². The normalized spacial score (nSPS) is 12.9. The fraction of sp³-hybridized carbons (Fsp3) is 0.800. The minimum absolute atomic E-state index is 0.540. The lowest BCUT2D eigenvalue weighted by Crippen LogP contribution is -2.49. The molecule has 0 aromatic heterocycles. The summed E-state index contributed by atoms with van der Waals surface area (Å²) in [6.07, 6.45) is 0. The Labute approximate surface area is 82.3 Å². The number of carbonyl (C=O) groups is 1. The van der Waals surface area contributed by atoms with Crippen LogP contribution in [0, 0.1) is 0 Å². The van der Waals surface area contributed by atoms with E-state index >= 15 is 0 Å². The van der Waals surface area contributed by atoms with Crippen molar-refractivity contribution >= 4 is 48.9 Å². The third kappa shape index (κ3) is 5.79. The molecule has 0 spiro atoms. The molecule has 1 amide bonds. The average Bonchev–Trinajstić information content (AvgIpc) is 1.56. The van der Waals surface area contributed by atoms with Crippen molar-refractivity contribution in [2.24, 2.45) is 0 Å². The summed E-state index contributed by atoms with van der Waals surface area (Å²) in [4.78, 5) is 13.7. The molecule has 6 heteroatoms. The van der Waals surface area contributed by atoms with Crippen molar-refractivity contribution in [1.82, 2.24) is 4.98 Å². The second-order valence-corrected chi connectivity index (χ2v) is 10.2. The van der Waals surface area contributed by atoms with Crippen LogP contribution in [0.2, 0.25) is 19.6 Å². The molecule has 0 rings (SSSR count). The number of halogens is 3. The molecule has 0 heterocycles.